The van der Waals surface area contributed by atoms with Crippen LogP contribution in [0, 0.1) is 0 Å². The average molecular weight is 335 g/mol. The first-order chi connectivity index (χ1) is 11.1. The molecule has 0 bridgehead atoms. The zero-order valence-corrected chi connectivity index (χ0v) is 17.0. The summed E-state index contributed by atoms with van der Waals surface area (Å²) >= 11 is 0. The number of hydrogen-bond donors (Lipinski definition) is 0. The molecule has 0 heterocycles. The summed E-state index contributed by atoms with van der Waals surface area (Å²) in [5.41, 5.74) is 8.91. The van der Waals surface area contributed by atoms with E-state index >= 15 is 0 Å². The van der Waals surface area contributed by atoms with Crippen molar-refractivity contribution in [2.45, 2.75) is 58.3 Å². The lowest BCUT2D eigenvalue weighted by Gasteiger charge is -2.19. The van der Waals surface area contributed by atoms with Gasteiger partial charge in [0, 0.05) is 8.07 Å². The Labute approximate surface area is 148 Å². The van der Waals surface area contributed by atoms with Crippen LogP contribution in [0.3, 0.4) is 0 Å². The molecule has 3 rings (SSSR count). The molecule has 0 aromatic heterocycles. The molecule has 0 N–H and O–H groups in total. The summed E-state index contributed by atoms with van der Waals surface area (Å²) in [6.07, 6.45) is 3.62. The van der Waals surface area contributed by atoms with Gasteiger partial charge in [-0.25, -0.2) is 0 Å². The number of fused-ring (bicyclic) bond motifs is 1. The summed E-state index contributed by atoms with van der Waals surface area (Å²) in [5.74, 6) is 0. The van der Waals surface area contributed by atoms with Gasteiger partial charge in [0.05, 0.1) is 0 Å². The van der Waals surface area contributed by atoms with E-state index in [4.69, 9.17) is 0 Å². The third kappa shape index (κ3) is 3.72. The summed E-state index contributed by atoms with van der Waals surface area (Å²) in [5, 5.41) is 0. The van der Waals surface area contributed by atoms with Crippen LogP contribution in [0.1, 0.15) is 37.5 Å². The Bertz CT molecular complexity index is 765. The van der Waals surface area contributed by atoms with Gasteiger partial charge in [0.2, 0.25) is 0 Å². The van der Waals surface area contributed by atoms with E-state index in [2.05, 4.69) is 89.0 Å². The highest BCUT2D eigenvalue weighted by Gasteiger charge is 2.22. The topological polar surface area (TPSA) is 0 Å². The lowest BCUT2D eigenvalue weighted by molar-refractivity contribution is 0.590. The largest absolute Gasteiger partial charge is 0.0693 e. The standard InChI is InChI=1S/C23H30Si/c1-23(2,3)20-12-10-18(11-13-20)21-9-7-8-19-14-17(15-22(19)21)16-24(4,5)6/h7-13,15H,14,16H2,1-6H3. The fraction of sp³-hybridized carbons (Fsp3) is 0.391. The second kappa shape index (κ2) is 6.04. The number of hydrogen-bond acceptors (Lipinski definition) is 0. The molecule has 0 aliphatic heterocycles. The predicted molar refractivity (Wildman–Crippen MR) is 110 cm³/mol. The zero-order chi connectivity index (χ0) is 17.5. The Kier molecular flexibility index (Phi) is 4.33. The first-order valence-electron chi connectivity index (χ1n) is 9.06. The monoisotopic (exact) mass is 334 g/mol. The molecule has 24 heavy (non-hydrogen) atoms. The van der Waals surface area contributed by atoms with Crippen LogP contribution in [0.2, 0.25) is 25.7 Å². The third-order valence-electron chi connectivity index (χ3n) is 4.78. The fourth-order valence-corrected chi connectivity index (χ4v) is 5.22. The molecule has 1 aliphatic carbocycles. The van der Waals surface area contributed by atoms with Crippen LogP contribution in [0.5, 0.6) is 0 Å². The molecule has 126 valence electrons. The van der Waals surface area contributed by atoms with E-state index in [0.717, 1.165) is 6.42 Å². The smallest absolute Gasteiger partial charge is 0.0483 e. The average Bonchev–Trinajstić information content (AvgIpc) is 2.86. The van der Waals surface area contributed by atoms with Gasteiger partial charge in [0.15, 0.2) is 0 Å². The molecule has 0 fully saturated rings. The van der Waals surface area contributed by atoms with Crippen LogP contribution in [-0.2, 0) is 11.8 Å². The second-order valence-corrected chi connectivity index (χ2v) is 14.9. The molecule has 0 radical (unpaired) electrons. The van der Waals surface area contributed by atoms with Crippen molar-refractivity contribution >= 4 is 14.1 Å². The van der Waals surface area contributed by atoms with E-state index < -0.39 is 8.07 Å². The maximum atomic E-state index is 2.47. The van der Waals surface area contributed by atoms with E-state index in [1.807, 2.05) is 0 Å². The fourth-order valence-electron chi connectivity index (χ4n) is 3.63. The minimum absolute atomic E-state index is 0.210. The van der Waals surface area contributed by atoms with Crippen LogP contribution >= 0.6 is 0 Å². The van der Waals surface area contributed by atoms with Crippen LogP contribution in [0.25, 0.3) is 17.2 Å². The zero-order valence-electron chi connectivity index (χ0n) is 16.0. The summed E-state index contributed by atoms with van der Waals surface area (Å²) in [6, 6.07) is 17.3. The van der Waals surface area contributed by atoms with Gasteiger partial charge in [-0.15, -0.1) is 0 Å². The molecule has 2 aromatic carbocycles. The van der Waals surface area contributed by atoms with Crippen LogP contribution in [-0.4, -0.2) is 8.07 Å². The summed E-state index contributed by atoms with van der Waals surface area (Å²) in [6.45, 7) is 14.2. The Hall–Kier alpha value is -1.60. The van der Waals surface area contributed by atoms with Crippen molar-refractivity contribution in [3.8, 4) is 11.1 Å². The quantitative estimate of drug-likeness (QED) is 0.534. The van der Waals surface area contributed by atoms with Crippen molar-refractivity contribution in [2.24, 2.45) is 0 Å². The molecule has 2 aromatic rings. The molecule has 0 unspecified atom stereocenters. The van der Waals surface area contributed by atoms with E-state index in [1.165, 1.54) is 33.9 Å². The Morgan fingerprint density at radius 3 is 2.17 bits per heavy atom. The van der Waals surface area contributed by atoms with Crippen molar-refractivity contribution in [2.75, 3.05) is 0 Å². The van der Waals surface area contributed by atoms with Gasteiger partial charge >= 0.3 is 0 Å². The maximum absolute atomic E-state index is 2.47. The SMILES string of the molecule is CC(C)(C)c1ccc(-c2cccc3c2C=C(C[Si](C)(C)C)C3)cc1. The van der Waals surface area contributed by atoms with Gasteiger partial charge in [-0.3, -0.25) is 0 Å². The van der Waals surface area contributed by atoms with Gasteiger partial charge in [0.25, 0.3) is 0 Å². The highest BCUT2D eigenvalue weighted by Crippen LogP contribution is 2.37. The number of benzene rings is 2. The third-order valence-corrected chi connectivity index (χ3v) is 6.30. The van der Waals surface area contributed by atoms with E-state index in [-0.39, 0.29) is 5.41 Å². The van der Waals surface area contributed by atoms with Crippen molar-refractivity contribution < 1.29 is 0 Å². The first-order valence-corrected chi connectivity index (χ1v) is 12.8. The van der Waals surface area contributed by atoms with Crippen LogP contribution < -0.4 is 0 Å². The van der Waals surface area contributed by atoms with Gasteiger partial charge in [-0.1, -0.05) is 94.5 Å². The van der Waals surface area contributed by atoms with Crippen LogP contribution in [0.4, 0.5) is 0 Å². The van der Waals surface area contributed by atoms with Crippen molar-refractivity contribution in [1.82, 2.24) is 0 Å². The van der Waals surface area contributed by atoms with Gasteiger partial charge < -0.3 is 0 Å². The van der Waals surface area contributed by atoms with Gasteiger partial charge in [-0.05, 0) is 45.7 Å². The summed E-state index contributed by atoms with van der Waals surface area (Å²) < 4.78 is 0. The van der Waals surface area contributed by atoms with E-state index in [0.29, 0.717) is 0 Å². The number of allylic oxidation sites excluding steroid dienone is 1. The molecular weight excluding hydrogens is 304 g/mol. The molecule has 1 heteroatoms. The first kappa shape index (κ1) is 17.2. The Morgan fingerprint density at radius 1 is 0.917 bits per heavy atom. The predicted octanol–water partition coefficient (Wildman–Crippen LogP) is 6.93. The Morgan fingerprint density at radius 2 is 1.58 bits per heavy atom. The normalized spacial score (nSPS) is 14.5. The lowest BCUT2D eigenvalue weighted by Crippen LogP contribution is -2.19. The minimum atomic E-state index is -1.05. The minimum Gasteiger partial charge on any atom is -0.0693 e. The number of rotatable bonds is 3. The van der Waals surface area contributed by atoms with E-state index in [9.17, 15) is 0 Å². The molecule has 0 nitrogen and oxygen atoms in total. The highest BCUT2D eigenvalue weighted by molar-refractivity contribution is 6.76. The summed E-state index contributed by atoms with van der Waals surface area (Å²) in [7, 11) is -1.05. The van der Waals surface area contributed by atoms with Crippen molar-refractivity contribution in [3.63, 3.8) is 0 Å². The molecule has 0 atom stereocenters. The Balaban J connectivity index is 1.96. The van der Waals surface area contributed by atoms with Crippen molar-refractivity contribution in [3.05, 3.63) is 64.7 Å². The highest BCUT2D eigenvalue weighted by atomic mass is 28.3. The molecule has 1 aliphatic rings. The molecule has 0 spiro atoms. The van der Waals surface area contributed by atoms with Gasteiger partial charge in [-0.2, -0.15) is 0 Å². The second-order valence-electron chi connectivity index (χ2n) is 9.42. The van der Waals surface area contributed by atoms with Gasteiger partial charge in [0.1, 0.15) is 0 Å². The molecule has 0 amide bonds. The summed E-state index contributed by atoms with van der Waals surface area (Å²) in [4.78, 5) is 0. The molecular formula is C23H30Si. The van der Waals surface area contributed by atoms with Crippen molar-refractivity contribution in [1.29, 1.82) is 0 Å². The lowest BCUT2D eigenvalue weighted by atomic mass is 9.86. The molecule has 0 saturated carbocycles. The van der Waals surface area contributed by atoms with E-state index in [1.54, 1.807) is 5.57 Å². The maximum Gasteiger partial charge on any atom is 0.0483 e. The molecule has 0 saturated heterocycles. The van der Waals surface area contributed by atoms with Crippen LogP contribution in [0.15, 0.2) is 48.0 Å².